The molecule has 3 atom stereocenters. The molecule has 0 aromatic heterocycles. The molecule has 12 heteroatoms. The third kappa shape index (κ3) is 3.99. The first-order valence-electron chi connectivity index (χ1n) is 9.12. The fourth-order valence-electron chi connectivity index (χ4n) is 3.39. The molecule has 1 aromatic carbocycles. The Labute approximate surface area is 181 Å². The number of esters is 1. The lowest BCUT2D eigenvalue weighted by Crippen LogP contribution is -2.83. The molecule has 1 aromatic rings. The lowest BCUT2D eigenvalue weighted by atomic mass is 9.96. The third-order valence-electron chi connectivity index (χ3n) is 4.86. The van der Waals surface area contributed by atoms with Crippen molar-refractivity contribution in [2.75, 3.05) is 12.4 Å². The van der Waals surface area contributed by atoms with Crippen LogP contribution in [0.2, 0.25) is 0 Å². The van der Waals surface area contributed by atoms with Gasteiger partial charge in [0.05, 0.1) is 0 Å². The van der Waals surface area contributed by atoms with Gasteiger partial charge in [-0.2, -0.15) is 0 Å². The molecule has 0 bridgehead atoms. The summed E-state index contributed by atoms with van der Waals surface area (Å²) in [6.45, 7) is 0.854. The normalized spacial score (nSPS) is 23.2. The Morgan fingerprint density at radius 1 is 1.39 bits per heavy atom. The van der Waals surface area contributed by atoms with Crippen molar-refractivity contribution in [1.82, 2.24) is 15.5 Å². The maximum atomic E-state index is 12.9. The second kappa shape index (κ2) is 8.78. The van der Waals surface area contributed by atoms with E-state index in [0.717, 1.165) is 16.7 Å². The quantitative estimate of drug-likeness (QED) is 0.223. The minimum Gasteiger partial charge on any atom is -0.477 e. The number of carboxylic acid groups (broad SMARTS) is 1. The summed E-state index contributed by atoms with van der Waals surface area (Å²) in [6.07, 6.45) is 0.319. The molecule has 3 rings (SSSR count). The Bertz CT molecular complexity index is 967. The number of benzene rings is 1. The monoisotopic (exact) mass is 448 g/mol. The van der Waals surface area contributed by atoms with Crippen molar-refractivity contribution in [1.29, 1.82) is 0 Å². The van der Waals surface area contributed by atoms with Crippen molar-refractivity contribution in [3.8, 4) is 0 Å². The van der Waals surface area contributed by atoms with Crippen LogP contribution < -0.4 is 16.4 Å². The highest BCUT2D eigenvalue weighted by atomic mass is 32.2. The highest BCUT2D eigenvalue weighted by molar-refractivity contribution is 8.01. The zero-order chi connectivity index (χ0) is 22.8. The number of rotatable bonds is 8. The second-order valence-electron chi connectivity index (χ2n) is 6.79. The van der Waals surface area contributed by atoms with E-state index in [4.69, 9.17) is 10.5 Å². The van der Waals surface area contributed by atoms with Gasteiger partial charge in [-0.3, -0.25) is 24.1 Å². The summed E-state index contributed by atoms with van der Waals surface area (Å²) in [4.78, 5) is 59.1. The van der Waals surface area contributed by atoms with Crippen molar-refractivity contribution >= 4 is 41.9 Å². The first-order chi connectivity index (χ1) is 14.7. The van der Waals surface area contributed by atoms with Crippen LogP contribution in [-0.2, 0) is 28.7 Å². The molecule has 0 saturated carbocycles. The zero-order valence-electron chi connectivity index (χ0n) is 16.4. The molecule has 0 spiro atoms. The second-order valence-corrected chi connectivity index (χ2v) is 7.99. The Hall–Kier alpha value is -3.38. The summed E-state index contributed by atoms with van der Waals surface area (Å²) in [5.74, 6) is -3.41. The molecule has 2 unspecified atom stereocenters. The Kier molecular flexibility index (Phi) is 6.32. The highest BCUT2D eigenvalue weighted by Crippen LogP contribution is 2.47. The molecule has 3 amide bonds. The van der Waals surface area contributed by atoms with Crippen molar-refractivity contribution < 1.29 is 33.8 Å². The van der Waals surface area contributed by atoms with Crippen LogP contribution in [0.3, 0.4) is 0 Å². The molecule has 11 nitrogen and oxygen atoms in total. The van der Waals surface area contributed by atoms with E-state index in [1.54, 1.807) is 30.3 Å². The molecule has 2 heterocycles. The molecule has 0 aliphatic carbocycles. The molecular weight excluding hydrogens is 428 g/mol. The van der Waals surface area contributed by atoms with Crippen LogP contribution in [0.5, 0.6) is 0 Å². The topological polar surface area (TPSA) is 168 Å². The van der Waals surface area contributed by atoms with E-state index in [1.807, 2.05) is 0 Å². The number of nitrogens with one attached hydrogen (secondary N) is 2. The Balaban J connectivity index is 1.88. The van der Waals surface area contributed by atoms with Gasteiger partial charge >= 0.3 is 11.9 Å². The van der Waals surface area contributed by atoms with Gasteiger partial charge in [0.25, 0.3) is 5.91 Å². The van der Waals surface area contributed by atoms with Crippen LogP contribution in [0.4, 0.5) is 0 Å². The summed E-state index contributed by atoms with van der Waals surface area (Å²) in [7, 11) is 0. The number of hydrogen-bond acceptors (Lipinski definition) is 8. The summed E-state index contributed by atoms with van der Waals surface area (Å²) in [6, 6.07) is 6.17. The van der Waals surface area contributed by atoms with Crippen LogP contribution in [0.25, 0.3) is 0 Å². The number of carbonyl (C=O) groups excluding carboxylic acids is 4. The fraction of sp³-hybridized carbons (Fsp3) is 0.316. The molecule has 2 aliphatic rings. The third-order valence-corrected chi connectivity index (χ3v) is 6.33. The molecule has 1 fully saturated rings. The molecule has 31 heavy (non-hydrogen) atoms. The van der Waals surface area contributed by atoms with Crippen LogP contribution in [-0.4, -0.2) is 63.6 Å². The number of carbonyl (C=O) groups is 5. The predicted octanol–water partition coefficient (Wildman–Crippen LogP) is -0.938. The molecule has 2 aliphatic heterocycles. The van der Waals surface area contributed by atoms with Gasteiger partial charge in [0.1, 0.15) is 18.3 Å². The molecule has 0 radical (unpaired) electrons. The van der Waals surface area contributed by atoms with E-state index in [1.165, 1.54) is 6.92 Å². The van der Waals surface area contributed by atoms with E-state index in [9.17, 15) is 29.1 Å². The van der Waals surface area contributed by atoms with Crippen molar-refractivity contribution in [2.45, 2.75) is 24.0 Å². The van der Waals surface area contributed by atoms with Gasteiger partial charge in [-0.05, 0) is 5.56 Å². The van der Waals surface area contributed by atoms with Gasteiger partial charge in [0, 0.05) is 18.2 Å². The first kappa shape index (κ1) is 22.3. The lowest BCUT2D eigenvalue weighted by molar-refractivity contribution is -0.160. The number of nitrogens with zero attached hydrogens (tertiary/aromatic N) is 1. The SMILES string of the molecule is CC(=O)OCC1=C(C(=O)O)N2C(=O)[C@@H](NC(=O)C(N)c3ccccc3)C2(NC=O)SC1. The van der Waals surface area contributed by atoms with Crippen molar-refractivity contribution in [3.05, 3.63) is 47.2 Å². The number of ether oxygens (including phenoxy) is 1. The van der Waals surface area contributed by atoms with Crippen molar-refractivity contribution in [2.24, 2.45) is 5.73 Å². The fourth-order valence-corrected chi connectivity index (χ4v) is 4.78. The average molecular weight is 448 g/mol. The smallest absolute Gasteiger partial charge is 0.352 e. The standard InChI is InChI=1S/C19H20N4O7S/c1-10(25)30-7-12-8-31-19(21-9-24)15(17(27)23(19)14(12)18(28)29)22-16(26)13(20)11-5-3-2-4-6-11/h2-6,9,13,15H,7-8,20H2,1H3,(H,21,24)(H,22,26)(H,28,29)/t13?,15-,19?/m1/s1. The largest absolute Gasteiger partial charge is 0.477 e. The number of nitrogens with two attached hydrogens (primary N) is 1. The number of carboxylic acids is 1. The zero-order valence-corrected chi connectivity index (χ0v) is 17.2. The molecule has 1 saturated heterocycles. The number of fused-ring (bicyclic) bond motifs is 1. The summed E-state index contributed by atoms with van der Waals surface area (Å²) < 4.78 is 4.88. The highest BCUT2D eigenvalue weighted by Gasteiger charge is 2.66. The van der Waals surface area contributed by atoms with Crippen LogP contribution in [0, 0.1) is 0 Å². The number of thioether (sulfide) groups is 1. The average Bonchev–Trinajstić information content (AvgIpc) is 2.75. The van der Waals surface area contributed by atoms with Gasteiger partial charge in [0.15, 0.2) is 11.0 Å². The Morgan fingerprint density at radius 2 is 2.06 bits per heavy atom. The van der Waals surface area contributed by atoms with Gasteiger partial charge in [-0.15, -0.1) is 11.8 Å². The lowest BCUT2D eigenvalue weighted by Gasteiger charge is -2.58. The van der Waals surface area contributed by atoms with Gasteiger partial charge in [-0.25, -0.2) is 4.79 Å². The van der Waals surface area contributed by atoms with Crippen LogP contribution in [0.15, 0.2) is 41.6 Å². The van der Waals surface area contributed by atoms with Crippen molar-refractivity contribution in [3.63, 3.8) is 0 Å². The van der Waals surface area contributed by atoms with Crippen LogP contribution >= 0.6 is 11.8 Å². The first-order valence-corrected chi connectivity index (χ1v) is 10.1. The maximum Gasteiger partial charge on any atom is 0.352 e. The van der Waals surface area contributed by atoms with E-state index in [0.29, 0.717) is 12.0 Å². The van der Waals surface area contributed by atoms with E-state index in [-0.39, 0.29) is 17.9 Å². The number of amides is 3. The summed E-state index contributed by atoms with van der Waals surface area (Å²) in [5.41, 5.74) is 6.28. The van der Waals surface area contributed by atoms with Gasteiger partial charge in [-0.1, -0.05) is 30.3 Å². The molecule has 164 valence electrons. The van der Waals surface area contributed by atoms with Gasteiger partial charge in [0.2, 0.25) is 12.3 Å². The predicted molar refractivity (Wildman–Crippen MR) is 108 cm³/mol. The van der Waals surface area contributed by atoms with E-state index >= 15 is 0 Å². The number of β-lactam (4-membered cyclic amide) rings is 1. The van der Waals surface area contributed by atoms with Crippen LogP contribution in [0.1, 0.15) is 18.5 Å². The van der Waals surface area contributed by atoms with E-state index in [2.05, 4.69) is 10.6 Å². The maximum absolute atomic E-state index is 12.9. The minimum absolute atomic E-state index is 0.0383. The number of hydrogen-bond donors (Lipinski definition) is 4. The minimum atomic E-state index is -1.54. The van der Waals surface area contributed by atoms with Gasteiger partial charge < -0.3 is 26.2 Å². The number of aliphatic carboxylic acids is 1. The summed E-state index contributed by atoms with van der Waals surface area (Å²) in [5, 5.41) is 14.7. The molecule has 5 N–H and O–H groups in total. The summed E-state index contributed by atoms with van der Waals surface area (Å²) >= 11 is 1.02. The Morgan fingerprint density at radius 3 is 2.65 bits per heavy atom. The van der Waals surface area contributed by atoms with E-state index < -0.39 is 46.5 Å². The molecular formula is C19H20N4O7S.